The average molecular weight is 807 g/mol. The zero-order valence-electron chi connectivity index (χ0n) is 33.0. The average Bonchev–Trinajstić information content (AvgIpc) is 3.60. The molecule has 0 unspecified atom stereocenters. The van der Waals surface area contributed by atoms with E-state index in [-0.39, 0.29) is 42.2 Å². The van der Waals surface area contributed by atoms with Crippen LogP contribution >= 0.6 is 0 Å². The Labute approximate surface area is 336 Å². The van der Waals surface area contributed by atoms with Crippen LogP contribution < -0.4 is 10.2 Å². The smallest absolute Gasteiger partial charge is 0.404 e. The van der Waals surface area contributed by atoms with E-state index >= 15 is 0 Å². The van der Waals surface area contributed by atoms with Crippen molar-refractivity contribution in [2.45, 2.75) is 60.1 Å². The van der Waals surface area contributed by atoms with Crippen LogP contribution in [0.1, 0.15) is 44.1 Å². The van der Waals surface area contributed by atoms with Gasteiger partial charge in [-0.15, -0.1) is 0 Å². The van der Waals surface area contributed by atoms with Gasteiger partial charge in [0, 0.05) is 88.0 Å². The first kappa shape index (κ1) is 40.2. The van der Waals surface area contributed by atoms with E-state index in [0.29, 0.717) is 36.5 Å². The number of anilines is 1. The van der Waals surface area contributed by atoms with E-state index in [2.05, 4.69) is 31.0 Å². The number of morpholine rings is 1. The number of carbonyl (C=O) groups is 2. The first-order chi connectivity index (χ1) is 27.6. The summed E-state index contributed by atoms with van der Waals surface area (Å²) in [6.07, 6.45) is 8.30. The first-order valence-corrected chi connectivity index (χ1v) is 22.7. The lowest BCUT2D eigenvalue weighted by atomic mass is 9.57. The lowest BCUT2D eigenvalue weighted by molar-refractivity contribution is -0.129. The first-order valence-electron chi connectivity index (χ1n) is 21.1. The molecule has 6 fully saturated rings. The Morgan fingerprint density at radius 2 is 1.61 bits per heavy atom. The van der Waals surface area contributed by atoms with Gasteiger partial charge < -0.3 is 34.8 Å². The fourth-order valence-corrected chi connectivity index (χ4v) is 12.3. The summed E-state index contributed by atoms with van der Waals surface area (Å²) in [6.45, 7) is 11.9. The predicted octanol–water partition coefficient (Wildman–Crippen LogP) is 3.93. The molecule has 2 N–H and O–H groups in total. The van der Waals surface area contributed by atoms with E-state index in [4.69, 9.17) is 4.74 Å². The minimum absolute atomic E-state index is 0.111. The number of nitrogens with zero attached hydrogens (tertiary/aromatic N) is 5. The quantitative estimate of drug-likeness (QED) is 0.272. The van der Waals surface area contributed by atoms with Crippen molar-refractivity contribution < 1.29 is 32.2 Å². The standard InChI is InChI=1S/C43H59FN6O6S/c44-35-6-1-5-34(25-35)43(31-48-17-4-18-48,39-7-2-8-40(39)45-42(52)53)33-14-19-47(20-15-33)26-32-27-49(28-32)36-10-12-37(13-11-36)57(54,55)38-29-50(30-38)41(51)9-3-16-46-21-23-56-24-22-46/h1,3,5-6,9-13,25,32-33,38-40,45H,2,4,7-8,14-24,26-31H2,(H,52,53)/b9-3+/t39-,40-,43+/m0/s1. The third-order valence-electron chi connectivity index (χ3n) is 13.9. The molecule has 1 aliphatic carbocycles. The number of carbonyl (C=O) groups excluding carboxylic acids is 1. The molecule has 0 bridgehead atoms. The second kappa shape index (κ2) is 17.3. The molecule has 2 amide bonds. The van der Waals surface area contributed by atoms with Crippen LogP contribution in [0.25, 0.3) is 0 Å². The highest BCUT2D eigenvalue weighted by molar-refractivity contribution is 7.92. The highest BCUT2D eigenvalue weighted by Crippen LogP contribution is 2.51. The van der Waals surface area contributed by atoms with Gasteiger partial charge in [0.05, 0.1) is 18.1 Å². The maximum atomic E-state index is 15.0. The lowest BCUT2D eigenvalue weighted by Gasteiger charge is -2.54. The van der Waals surface area contributed by atoms with Gasteiger partial charge in [-0.1, -0.05) is 24.6 Å². The third-order valence-corrected chi connectivity index (χ3v) is 16.0. The molecule has 5 saturated heterocycles. The van der Waals surface area contributed by atoms with E-state index in [1.165, 1.54) is 12.5 Å². The van der Waals surface area contributed by atoms with Crippen LogP contribution in [0.5, 0.6) is 0 Å². The normalized spacial score (nSPS) is 25.8. The van der Waals surface area contributed by atoms with Crippen molar-refractivity contribution in [2.24, 2.45) is 17.8 Å². The Balaban J connectivity index is 0.835. The summed E-state index contributed by atoms with van der Waals surface area (Å²) in [7, 11) is -3.54. The summed E-state index contributed by atoms with van der Waals surface area (Å²) in [5.41, 5.74) is 1.71. The summed E-state index contributed by atoms with van der Waals surface area (Å²) >= 11 is 0. The number of halogens is 1. The summed E-state index contributed by atoms with van der Waals surface area (Å²) in [4.78, 5) is 36.0. The SMILES string of the molecule is O=C(O)N[C@H]1CCC[C@@H]1[C@@](CN1CCC1)(c1cccc(F)c1)C1CCN(CC2CN(c3ccc(S(=O)(=O)C4CN(C(=O)/C=C/CN5CCOCC5)C4)cc3)C2)CC1. The highest BCUT2D eigenvalue weighted by atomic mass is 32.2. The van der Waals surface area contributed by atoms with E-state index in [1.54, 1.807) is 29.2 Å². The van der Waals surface area contributed by atoms with Gasteiger partial charge in [-0.25, -0.2) is 17.6 Å². The molecule has 57 heavy (non-hydrogen) atoms. The number of benzene rings is 2. The largest absolute Gasteiger partial charge is 0.465 e. The summed E-state index contributed by atoms with van der Waals surface area (Å²) in [5.74, 6) is 0.565. The summed E-state index contributed by atoms with van der Waals surface area (Å²) in [5, 5.41) is 12.1. The van der Waals surface area contributed by atoms with Gasteiger partial charge >= 0.3 is 6.09 Å². The van der Waals surface area contributed by atoms with Crippen molar-refractivity contribution >= 4 is 27.5 Å². The fourth-order valence-electron chi connectivity index (χ4n) is 10.6. The highest BCUT2D eigenvalue weighted by Gasteiger charge is 2.53. The maximum absolute atomic E-state index is 15.0. The van der Waals surface area contributed by atoms with Crippen LogP contribution in [-0.4, -0.2) is 155 Å². The number of carboxylic acid groups (broad SMARTS) is 1. The number of rotatable bonds is 14. The molecular weight excluding hydrogens is 748 g/mol. The number of likely N-dealkylation sites (tertiary alicyclic amines) is 3. The lowest BCUT2D eigenvalue weighted by Crippen LogP contribution is -2.60. The number of hydrogen-bond acceptors (Lipinski definition) is 9. The molecule has 5 heterocycles. The van der Waals surface area contributed by atoms with Crippen LogP contribution in [0.15, 0.2) is 65.6 Å². The van der Waals surface area contributed by atoms with Gasteiger partial charge in [-0.05, 0) is 112 Å². The molecule has 14 heteroatoms. The Morgan fingerprint density at radius 1 is 0.877 bits per heavy atom. The Hall–Kier alpha value is -3.56. The van der Waals surface area contributed by atoms with E-state index in [9.17, 15) is 27.5 Å². The summed E-state index contributed by atoms with van der Waals surface area (Å²) < 4.78 is 47.1. The molecular formula is C43H59FN6O6S. The number of amides is 2. The van der Waals surface area contributed by atoms with Gasteiger partial charge in [0.1, 0.15) is 11.1 Å². The van der Waals surface area contributed by atoms with Crippen LogP contribution in [0.2, 0.25) is 0 Å². The van der Waals surface area contributed by atoms with E-state index in [0.717, 1.165) is 109 Å². The predicted molar refractivity (Wildman–Crippen MR) is 217 cm³/mol. The van der Waals surface area contributed by atoms with Gasteiger partial charge in [0.2, 0.25) is 5.91 Å². The zero-order valence-corrected chi connectivity index (χ0v) is 33.8. The van der Waals surface area contributed by atoms with Crippen LogP contribution in [-0.2, 0) is 24.8 Å². The molecule has 3 atom stereocenters. The Kier molecular flexibility index (Phi) is 12.2. The van der Waals surface area contributed by atoms with Crippen molar-refractivity contribution in [3.05, 3.63) is 72.1 Å². The van der Waals surface area contributed by atoms with Gasteiger partial charge in [0.15, 0.2) is 9.84 Å². The number of piperidine rings is 1. The van der Waals surface area contributed by atoms with Crippen molar-refractivity contribution in [1.82, 2.24) is 24.9 Å². The van der Waals surface area contributed by atoms with Crippen LogP contribution in [0.3, 0.4) is 0 Å². The second-order valence-electron chi connectivity index (χ2n) is 17.3. The molecule has 8 rings (SSSR count). The molecule has 0 spiro atoms. The minimum Gasteiger partial charge on any atom is -0.465 e. The molecule has 0 radical (unpaired) electrons. The molecule has 1 saturated carbocycles. The number of hydrogen-bond donors (Lipinski definition) is 2. The molecule has 12 nitrogen and oxygen atoms in total. The van der Waals surface area contributed by atoms with Crippen molar-refractivity contribution in [2.75, 3.05) is 103 Å². The van der Waals surface area contributed by atoms with Gasteiger partial charge in [0.25, 0.3) is 0 Å². The van der Waals surface area contributed by atoms with Crippen molar-refractivity contribution in [3.8, 4) is 0 Å². The van der Waals surface area contributed by atoms with Crippen molar-refractivity contribution in [3.63, 3.8) is 0 Å². The molecule has 2 aromatic carbocycles. The Bertz CT molecular complexity index is 1850. The maximum Gasteiger partial charge on any atom is 0.404 e. The van der Waals surface area contributed by atoms with Crippen molar-refractivity contribution in [1.29, 1.82) is 0 Å². The van der Waals surface area contributed by atoms with E-state index in [1.807, 2.05) is 24.3 Å². The molecule has 0 aromatic heterocycles. The third kappa shape index (κ3) is 8.76. The Morgan fingerprint density at radius 3 is 2.28 bits per heavy atom. The number of sulfone groups is 1. The minimum atomic E-state index is -3.54. The molecule has 6 aliphatic rings. The molecule has 5 aliphatic heterocycles. The zero-order chi connectivity index (χ0) is 39.6. The fraction of sp³-hybridized carbons (Fsp3) is 0.628. The van der Waals surface area contributed by atoms with Crippen LogP contribution in [0, 0.1) is 23.6 Å². The molecule has 310 valence electrons. The topological polar surface area (TPSA) is 126 Å². The molecule has 2 aromatic rings. The summed E-state index contributed by atoms with van der Waals surface area (Å²) in [6, 6.07) is 14.3. The number of nitrogens with one attached hydrogen (secondary N) is 1. The monoisotopic (exact) mass is 806 g/mol. The van der Waals surface area contributed by atoms with E-state index < -0.39 is 21.2 Å². The van der Waals surface area contributed by atoms with Crippen LogP contribution in [0.4, 0.5) is 14.9 Å². The number of ether oxygens (including phenoxy) is 1. The second-order valence-corrected chi connectivity index (χ2v) is 19.6. The van der Waals surface area contributed by atoms with Gasteiger partial charge in [-0.2, -0.15) is 0 Å². The van der Waals surface area contributed by atoms with Gasteiger partial charge in [-0.3, -0.25) is 9.69 Å².